The molecule has 0 bridgehead atoms. The van der Waals surface area contributed by atoms with E-state index in [0.29, 0.717) is 13.2 Å². The Kier molecular flexibility index (Phi) is 4.59. The topological polar surface area (TPSA) is 70.8 Å². The van der Waals surface area contributed by atoms with Crippen LogP contribution in [0.5, 0.6) is 0 Å². The highest BCUT2D eigenvalue weighted by molar-refractivity contribution is 5.75. The lowest BCUT2D eigenvalue weighted by atomic mass is 9.78. The molecule has 2 atom stereocenters. The maximum Gasteiger partial charge on any atom is 0.323 e. The van der Waals surface area contributed by atoms with Crippen molar-refractivity contribution in [1.82, 2.24) is 0 Å². The largest absolute Gasteiger partial charge is 0.465 e. The molecule has 2 N–H and O–H groups in total. The van der Waals surface area contributed by atoms with Gasteiger partial charge in [-0.2, -0.15) is 0 Å². The summed E-state index contributed by atoms with van der Waals surface area (Å²) in [7, 11) is 0. The Morgan fingerprint density at radius 1 is 1.44 bits per heavy atom. The van der Waals surface area contributed by atoms with E-state index in [2.05, 4.69) is 0 Å². The fraction of sp³-hybridized carbons (Fsp3) is 0.923. The number of hydrogen-bond donors (Lipinski definition) is 1. The van der Waals surface area contributed by atoms with Gasteiger partial charge in [-0.15, -0.1) is 0 Å². The quantitative estimate of drug-likeness (QED) is 0.759. The van der Waals surface area contributed by atoms with Crippen molar-refractivity contribution in [3.63, 3.8) is 0 Å². The number of ether oxygens (including phenoxy) is 3. The summed E-state index contributed by atoms with van der Waals surface area (Å²) in [5.41, 5.74) is 5.89. The maximum absolute atomic E-state index is 11.7. The van der Waals surface area contributed by atoms with Gasteiger partial charge in [-0.3, -0.25) is 4.79 Å². The Morgan fingerprint density at radius 2 is 2.17 bits per heavy atom. The van der Waals surface area contributed by atoms with Crippen molar-refractivity contribution in [3.05, 3.63) is 0 Å². The van der Waals surface area contributed by atoms with E-state index in [1.54, 1.807) is 6.92 Å². The molecule has 0 amide bonds. The number of rotatable bonds is 3. The predicted molar refractivity (Wildman–Crippen MR) is 66.1 cm³/mol. The SMILES string of the molecule is CCOC(=O)C(N)C1CCOC2(CCOCC2)C1. The van der Waals surface area contributed by atoms with Gasteiger partial charge in [0, 0.05) is 19.8 Å². The van der Waals surface area contributed by atoms with Gasteiger partial charge in [0.1, 0.15) is 6.04 Å². The van der Waals surface area contributed by atoms with Crippen LogP contribution in [0.4, 0.5) is 0 Å². The van der Waals surface area contributed by atoms with E-state index in [4.69, 9.17) is 19.9 Å². The molecule has 0 aliphatic carbocycles. The Bertz CT molecular complexity index is 283. The zero-order valence-electron chi connectivity index (χ0n) is 11.0. The zero-order chi connectivity index (χ0) is 13.0. The number of hydrogen-bond acceptors (Lipinski definition) is 5. The Labute approximate surface area is 108 Å². The van der Waals surface area contributed by atoms with Crippen molar-refractivity contribution in [1.29, 1.82) is 0 Å². The summed E-state index contributed by atoms with van der Waals surface area (Å²) in [6.07, 6.45) is 3.48. The third-order valence-electron chi connectivity index (χ3n) is 4.00. The van der Waals surface area contributed by atoms with Crippen LogP contribution in [0.1, 0.15) is 32.6 Å². The fourth-order valence-electron chi connectivity index (χ4n) is 2.89. The van der Waals surface area contributed by atoms with Crippen LogP contribution in [0.15, 0.2) is 0 Å². The van der Waals surface area contributed by atoms with E-state index in [-0.39, 0.29) is 17.5 Å². The minimum absolute atomic E-state index is 0.120. The summed E-state index contributed by atoms with van der Waals surface area (Å²) >= 11 is 0. The first kappa shape index (κ1) is 13.8. The molecule has 2 fully saturated rings. The molecule has 18 heavy (non-hydrogen) atoms. The van der Waals surface area contributed by atoms with E-state index < -0.39 is 6.04 Å². The monoisotopic (exact) mass is 257 g/mol. The minimum Gasteiger partial charge on any atom is -0.465 e. The molecule has 104 valence electrons. The first-order valence-electron chi connectivity index (χ1n) is 6.81. The summed E-state index contributed by atoms with van der Waals surface area (Å²) < 4.78 is 16.3. The molecule has 5 heteroatoms. The number of nitrogens with two attached hydrogens (primary N) is 1. The lowest BCUT2D eigenvalue weighted by Gasteiger charge is -2.44. The van der Waals surface area contributed by atoms with Crippen molar-refractivity contribution in [2.24, 2.45) is 11.7 Å². The standard InChI is InChI=1S/C13H23NO4/c1-2-17-12(15)11(14)10-3-6-18-13(9-10)4-7-16-8-5-13/h10-11H,2-9,14H2,1H3. The Hall–Kier alpha value is -0.650. The molecular weight excluding hydrogens is 234 g/mol. The van der Waals surface area contributed by atoms with E-state index in [9.17, 15) is 4.79 Å². The second kappa shape index (κ2) is 5.99. The molecule has 2 unspecified atom stereocenters. The summed E-state index contributed by atoms with van der Waals surface area (Å²) in [5, 5.41) is 0. The average molecular weight is 257 g/mol. The third kappa shape index (κ3) is 3.02. The van der Waals surface area contributed by atoms with Crippen molar-refractivity contribution in [2.45, 2.75) is 44.2 Å². The molecule has 0 aromatic rings. The summed E-state index contributed by atoms with van der Waals surface area (Å²) in [6.45, 7) is 4.34. The molecule has 0 saturated carbocycles. The molecule has 1 spiro atoms. The van der Waals surface area contributed by atoms with Crippen molar-refractivity contribution in [2.75, 3.05) is 26.4 Å². The maximum atomic E-state index is 11.7. The van der Waals surface area contributed by atoms with Gasteiger partial charge in [0.15, 0.2) is 0 Å². The van der Waals surface area contributed by atoms with Gasteiger partial charge in [-0.25, -0.2) is 0 Å². The van der Waals surface area contributed by atoms with Crippen LogP contribution in [-0.2, 0) is 19.0 Å². The van der Waals surface area contributed by atoms with Gasteiger partial charge in [0.2, 0.25) is 0 Å². The molecule has 0 aromatic heterocycles. The fourth-order valence-corrected chi connectivity index (χ4v) is 2.89. The molecule has 2 saturated heterocycles. The second-order valence-electron chi connectivity index (χ2n) is 5.17. The van der Waals surface area contributed by atoms with E-state index in [1.807, 2.05) is 0 Å². The van der Waals surface area contributed by atoms with Gasteiger partial charge < -0.3 is 19.9 Å². The smallest absolute Gasteiger partial charge is 0.323 e. The molecule has 0 radical (unpaired) electrons. The van der Waals surface area contributed by atoms with Crippen LogP contribution < -0.4 is 5.73 Å². The second-order valence-corrected chi connectivity index (χ2v) is 5.17. The summed E-state index contributed by atoms with van der Waals surface area (Å²) in [4.78, 5) is 11.7. The average Bonchev–Trinajstić information content (AvgIpc) is 2.39. The molecule has 2 aliphatic rings. The summed E-state index contributed by atoms with van der Waals surface area (Å²) in [6, 6.07) is -0.520. The molecule has 2 heterocycles. The van der Waals surface area contributed by atoms with Crippen LogP contribution in [0, 0.1) is 5.92 Å². The highest BCUT2D eigenvalue weighted by Crippen LogP contribution is 2.38. The molecular formula is C13H23NO4. The number of esters is 1. The van der Waals surface area contributed by atoms with Gasteiger partial charge in [0.25, 0.3) is 0 Å². The molecule has 0 aromatic carbocycles. The van der Waals surface area contributed by atoms with E-state index in [0.717, 1.165) is 38.9 Å². The highest BCUT2D eigenvalue weighted by Gasteiger charge is 2.42. The third-order valence-corrected chi connectivity index (χ3v) is 4.00. The first-order valence-corrected chi connectivity index (χ1v) is 6.81. The van der Waals surface area contributed by atoms with Crippen LogP contribution >= 0.6 is 0 Å². The lowest BCUT2D eigenvalue weighted by Crippen LogP contribution is -2.50. The predicted octanol–water partition coefficient (Wildman–Crippen LogP) is 0.853. The van der Waals surface area contributed by atoms with Crippen LogP contribution in [0.25, 0.3) is 0 Å². The van der Waals surface area contributed by atoms with Crippen molar-refractivity contribution >= 4 is 5.97 Å². The van der Waals surface area contributed by atoms with Crippen LogP contribution in [-0.4, -0.2) is 44.0 Å². The van der Waals surface area contributed by atoms with Crippen molar-refractivity contribution in [3.8, 4) is 0 Å². The van der Waals surface area contributed by atoms with E-state index in [1.165, 1.54) is 0 Å². The lowest BCUT2D eigenvalue weighted by molar-refractivity contribution is -0.160. The van der Waals surface area contributed by atoms with Gasteiger partial charge in [-0.1, -0.05) is 0 Å². The highest BCUT2D eigenvalue weighted by atomic mass is 16.5. The normalized spacial score (nSPS) is 28.9. The van der Waals surface area contributed by atoms with Gasteiger partial charge in [0.05, 0.1) is 12.2 Å². The number of carbonyl (C=O) groups excluding carboxylic acids is 1. The zero-order valence-corrected chi connectivity index (χ0v) is 11.0. The van der Waals surface area contributed by atoms with Crippen LogP contribution in [0.2, 0.25) is 0 Å². The van der Waals surface area contributed by atoms with E-state index >= 15 is 0 Å². The minimum atomic E-state index is -0.520. The van der Waals surface area contributed by atoms with Gasteiger partial charge in [-0.05, 0) is 38.5 Å². The first-order chi connectivity index (χ1) is 8.67. The summed E-state index contributed by atoms with van der Waals surface area (Å²) in [5.74, 6) is -0.123. The molecule has 2 aliphatic heterocycles. The molecule has 2 rings (SSSR count). The Balaban J connectivity index is 1.95. The Morgan fingerprint density at radius 3 is 2.83 bits per heavy atom. The van der Waals surface area contributed by atoms with Gasteiger partial charge >= 0.3 is 5.97 Å². The number of carbonyl (C=O) groups is 1. The van der Waals surface area contributed by atoms with Crippen LogP contribution in [0.3, 0.4) is 0 Å². The van der Waals surface area contributed by atoms with Crippen molar-refractivity contribution < 1.29 is 19.0 Å². The molecule has 5 nitrogen and oxygen atoms in total.